The van der Waals surface area contributed by atoms with E-state index in [2.05, 4.69) is 9.72 Å². The average molecular weight is 262 g/mol. The van der Waals surface area contributed by atoms with Gasteiger partial charge in [-0.05, 0) is 0 Å². The molecular formula is C8H5ClF5NO. The van der Waals surface area contributed by atoms with E-state index >= 15 is 0 Å². The van der Waals surface area contributed by atoms with E-state index in [-0.39, 0.29) is 0 Å². The average Bonchev–Trinajstić information content (AvgIpc) is 2.15. The van der Waals surface area contributed by atoms with Gasteiger partial charge in [-0.2, -0.15) is 13.2 Å². The van der Waals surface area contributed by atoms with E-state index in [9.17, 15) is 22.0 Å². The number of methoxy groups -OCH3 is 1. The largest absolute Gasteiger partial charge is 0.494 e. The normalized spacial score (nSPS) is 12.0. The summed E-state index contributed by atoms with van der Waals surface area (Å²) in [6, 6.07) is 0. The van der Waals surface area contributed by atoms with Gasteiger partial charge < -0.3 is 4.74 Å². The quantitative estimate of drug-likeness (QED) is 0.598. The molecule has 0 atom stereocenters. The molecule has 0 aliphatic carbocycles. The Morgan fingerprint density at radius 2 is 1.94 bits per heavy atom. The maximum absolute atomic E-state index is 12.5. The van der Waals surface area contributed by atoms with Crippen molar-refractivity contribution in [3.63, 3.8) is 0 Å². The number of pyridine rings is 1. The maximum atomic E-state index is 12.5. The smallest absolute Gasteiger partial charge is 0.420 e. The van der Waals surface area contributed by atoms with E-state index in [0.717, 1.165) is 7.11 Å². The molecule has 0 aliphatic heterocycles. The number of aromatic nitrogens is 1. The zero-order chi connectivity index (χ0) is 12.5. The third-order valence-corrected chi connectivity index (χ3v) is 2.06. The lowest BCUT2D eigenvalue weighted by Gasteiger charge is -2.16. The lowest BCUT2D eigenvalue weighted by Crippen LogP contribution is -2.13. The highest BCUT2D eigenvalue weighted by Gasteiger charge is 2.41. The number of nitrogens with zero attached hydrogens (tertiary/aromatic N) is 1. The molecule has 0 saturated heterocycles. The highest BCUT2D eigenvalue weighted by molar-refractivity contribution is 6.30. The molecule has 1 heterocycles. The van der Waals surface area contributed by atoms with Gasteiger partial charge >= 0.3 is 6.18 Å². The molecule has 0 aromatic carbocycles. The summed E-state index contributed by atoms with van der Waals surface area (Å²) in [4.78, 5) is 3.21. The van der Waals surface area contributed by atoms with E-state index in [1.807, 2.05) is 0 Å². The summed E-state index contributed by atoms with van der Waals surface area (Å²) in [5.41, 5.74) is -2.96. The highest BCUT2D eigenvalue weighted by Crippen LogP contribution is 2.43. The molecule has 0 amide bonds. The summed E-state index contributed by atoms with van der Waals surface area (Å²) in [7, 11) is 0.926. The van der Waals surface area contributed by atoms with Crippen molar-refractivity contribution in [2.45, 2.75) is 12.6 Å². The molecule has 2 nitrogen and oxygen atoms in total. The van der Waals surface area contributed by atoms with Crippen molar-refractivity contribution < 1.29 is 26.7 Å². The molecule has 0 aliphatic rings. The van der Waals surface area contributed by atoms with Crippen LogP contribution in [0.1, 0.15) is 17.6 Å². The van der Waals surface area contributed by atoms with Gasteiger partial charge in [0, 0.05) is 0 Å². The molecule has 0 N–H and O–H groups in total. The van der Waals surface area contributed by atoms with Crippen LogP contribution in [-0.4, -0.2) is 12.1 Å². The first-order chi connectivity index (χ1) is 7.29. The second-order valence-electron chi connectivity index (χ2n) is 2.70. The van der Waals surface area contributed by atoms with Crippen LogP contribution in [0, 0.1) is 0 Å². The molecular weight excluding hydrogens is 257 g/mol. The molecule has 0 saturated carbocycles. The zero-order valence-electron chi connectivity index (χ0n) is 7.78. The Morgan fingerprint density at radius 1 is 1.38 bits per heavy atom. The molecule has 1 aromatic rings. The Morgan fingerprint density at radius 3 is 2.31 bits per heavy atom. The number of rotatable bonds is 2. The Labute approximate surface area is 92.0 Å². The first-order valence-corrected chi connectivity index (χ1v) is 4.24. The van der Waals surface area contributed by atoms with Gasteiger partial charge in [0.15, 0.2) is 0 Å². The van der Waals surface area contributed by atoms with Gasteiger partial charge in [-0.3, -0.25) is 0 Å². The van der Waals surface area contributed by atoms with Crippen LogP contribution in [0.3, 0.4) is 0 Å². The first kappa shape index (κ1) is 13.0. The van der Waals surface area contributed by atoms with Crippen molar-refractivity contribution in [1.29, 1.82) is 0 Å². The van der Waals surface area contributed by atoms with E-state index in [1.165, 1.54) is 0 Å². The third kappa shape index (κ3) is 2.34. The summed E-state index contributed by atoms with van der Waals surface area (Å²) < 4.78 is 66.9. The van der Waals surface area contributed by atoms with Crippen LogP contribution < -0.4 is 4.74 Å². The van der Waals surface area contributed by atoms with Crippen LogP contribution in [0.25, 0.3) is 0 Å². The molecule has 90 valence electrons. The van der Waals surface area contributed by atoms with Crippen molar-refractivity contribution in [1.82, 2.24) is 4.98 Å². The SMILES string of the molecule is COc1cnc(Cl)c(C(F)F)c1C(F)(F)F. The number of hydrogen-bond donors (Lipinski definition) is 0. The molecule has 1 rings (SSSR count). The third-order valence-electron chi connectivity index (χ3n) is 1.75. The predicted molar refractivity (Wildman–Crippen MR) is 45.8 cm³/mol. The van der Waals surface area contributed by atoms with Crippen molar-refractivity contribution in [3.05, 3.63) is 22.5 Å². The Kier molecular flexibility index (Phi) is 3.57. The molecule has 0 unspecified atom stereocenters. The molecule has 0 fully saturated rings. The standard InChI is InChI=1S/C8H5ClF5NO/c1-16-3-2-15-6(9)4(7(10)11)5(3)8(12,13)14/h2,7H,1H3. The number of alkyl halides is 5. The Bertz CT molecular complexity index is 393. The second-order valence-corrected chi connectivity index (χ2v) is 3.06. The van der Waals surface area contributed by atoms with Gasteiger partial charge in [0.1, 0.15) is 16.5 Å². The number of ether oxygens (including phenoxy) is 1. The monoisotopic (exact) mass is 261 g/mol. The Hall–Kier alpha value is -1.11. The topological polar surface area (TPSA) is 22.1 Å². The van der Waals surface area contributed by atoms with E-state index < -0.39 is 34.6 Å². The summed E-state index contributed by atoms with van der Waals surface area (Å²) in [5, 5.41) is -0.886. The van der Waals surface area contributed by atoms with Crippen LogP contribution in [0.5, 0.6) is 5.75 Å². The van der Waals surface area contributed by atoms with Crippen LogP contribution in [0.4, 0.5) is 22.0 Å². The molecule has 1 aromatic heterocycles. The van der Waals surface area contributed by atoms with Gasteiger partial charge in [-0.1, -0.05) is 11.6 Å². The molecule has 0 bridgehead atoms. The van der Waals surface area contributed by atoms with Gasteiger partial charge in [0.05, 0.1) is 18.9 Å². The zero-order valence-corrected chi connectivity index (χ0v) is 8.53. The van der Waals surface area contributed by atoms with E-state index in [4.69, 9.17) is 11.6 Å². The Balaban J connectivity index is 3.56. The van der Waals surface area contributed by atoms with Crippen LogP contribution in [-0.2, 0) is 6.18 Å². The summed E-state index contributed by atoms with van der Waals surface area (Å²) >= 11 is 5.21. The molecule has 16 heavy (non-hydrogen) atoms. The van der Waals surface area contributed by atoms with Gasteiger partial charge in [0.2, 0.25) is 0 Å². The van der Waals surface area contributed by atoms with Crippen molar-refractivity contribution in [2.24, 2.45) is 0 Å². The summed E-state index contributed by atoms with van der Waals surface area (Å²) in [6.45, 7) is 0. The molecule has 0 radical (unpaired) electrons. The fourth-order valence-corrected chi connectivity index (χ4v) is 1.36. The van der Waals surface area contributed by atoms with Gasteiger partial charge in [-0.15, -0.1) is 0 Å². The van der Waals surface area contributed by atoms with Crippen LogP contribution >= 0.6 is 11.6 Å². The fraction of sp³-hybridized carbons (Fsp3) is 0.375. The van der Waals surface area contributed by atoms with E-state index in [0.29, 0.717) is 6.20 Å². The first-order valence-electron chi connectivity index (χ1n) is 3.86. The minimum absolute atomic E-state index is 0.650. The minimum atomic E-state index is -4.98. The molecule has 8 heteroatoms. The summed E-state index contributed by atoms with van der Waals surface area (Å²) in [5.74, 6) is -0.785. The minimum Gasteiger partial charge on any atom is -0.494 e. The van der Waals surface area contributed by atoms with Gasteiger partial charge in [-0.25, -0.2) is 13.8 Å². The van der Waals surface area contributed by atoms with E-state index in [1.54, 1.807) is 0 Å². The number of hydrogen-bond acceptors (Lipinski definition) is 2. The second kappa shape index (κ2) is 4.40. The van der Waals surface area contributed by atoms with Gasteiger partial charge in [0.25, 0.3) is 6.43 Å². The number of halogens is 6. The van der Waals surface area contributed by atoms with Crippen molar-refractivity contribution in [2.75, 3.05) is 7.11 Å². The highest BCUT2D eigenvalue weighted by atomic mass is 35.5. The predicted octanol–water partition coefficient (Wildman–Crippen LogP) is 3.70. The maximum Gasteiger partial charge on any atom is 0.420 e. The van der Waals surface area contributed by atoms with Crippen LogP contribution in [0.2, 0.25) is 5.15 Å². The van der Waals surface area contributed by atoms with Crippen LogP contribution in [0.15, 0.2) is 6.20 Å². The van der Waals surface area contributed by atoms with Crippen molar-refractivity contribution in [3.8, 4) is 5.75 Å². The van der Waals surface area contributed by atoms with Crippen molar-refractivity contribution >= 4 is 11.6 Å². The lowest BCUT2D eigenvalue weighted by molar-refractivity contribution is -0.140. The summed E-state index contributed by atoms with van der Waals surface area (Å²) in [6.07, 6.45) is -7.72. The fourth-order valence-electron chi connectivity index (χ4n) is 1.13. The lowest BCUT2D eigenvalue weighted by atomic mass is 10.1. The molecule has 0 spiro atoms.